The number of pyridine rings is 1. The average molecular weight is 317 g/mol. The second-order valence-electron chi connectivity index (χ2n) is 5.77. The molecule has 1 aliphatic rings. The fourth-order valence-corrected chi connectivity index (χ4v) is 3.97. The van der Waals surface area contributed by atoms with E-state index in [1.54, 1.807) is 6.33 Å². The topological polar surface area (TPSA) is 64.9 Å². The SMILES string of the molecule is CNc1nc2sc(OC3CCCCC3)nc2c2c1ncn2C. The zero-order chi connectivity index (χ0) is 15.1. The lowest BCUT2D eigenvalue weighted by atomic mass is 9.98. The summed E-state index contributed by atoms with van der Waals surface area (Å²) in [6.07, 6.45) is 8.20. The van der Waals surface area contributed by atoms with Crippen LogP contribution in [-0.2, 0) is 7.05 Å². The summed E-state index contributed by atoms with van der Waals surface area (Å²) in [7, 11) is 3.85. The summed E-state index contributed by atoms with van der Waals surface area (Å²) in [5, 5.41) is 3.84. The number of ether oxygens (including phenoxy) is 1. The highest BCUT2D eigenvalue weighted by molar-refractivity contribution is 7.20. The standard InChI is InChI=1S/C15H19N5OS/c1-16-13-10-12(20(2)8-17-10)11-14(19-13)22-15(18-11)21-9-6-4-3-5-7-9/h8-9H,3-7H2,1-2H3,(H,16,19). The molecule has 0 aliphatic heterocycles. The Morgan fingerprint density at radius 1 is 1.23 bits per heavy atom. The molecule has 0 bridgehead atoms. The van der Waals surface area contributed by atoms with Gasteiger partial charge in [-0.25, -0.2) is 9.97 Å². The van der Waals surface area contributed by atoms with Crippen molar-refractivity contribution in [2.24, 2.45) is 7.05 Å². The van der Waals surface area contributed by atoms with Crippen LogP contribution >= 0.6 is 11.3 Å². The normalized spacial score (nSPS) is 16.5. The van der Waals surface area contributed by atoms with Gasteiger partial charge in [-0.15, -0.1) is 0 Å². The van der Waals surface area contributed by atoms with E-state index in [4.69, 9.17) is 4.74 Å². The Balaban J connectivity index is 1.79. The van der Waals surface area contributed by atoms with E-state index in [-0.39, 0.29) is 0 Å². The molecule has 3 heterocycles. The van der Waals surface area contributed by atoms with Gasteiger partial charge in [-0.2, -0.15) is 4.98 Å². The molecule has 3 aromatic heterocycles. The summed E-state index contributed by atoms with van der Waals surface area (Å²) in [6, 6.07) is 0. The number of hydrogen-bond acceptors (Lipinski definition) is 6. The predicted octanol–water partition coefficient (Wildman–Crippen LogP) is 3.33. The number of nitrogens with zero attached hydrogens (tertiary/aromatic N) is 4. The molecule has 0 aromatic carbocycles. The molecule has 0 amide bonds. The first-order valence-electron chi connectivity index (χ1n) is 7.72. The van der Waals surface area contributed by atoms with Crippen LogP contribution in [0.5, 0.6) is 5.19 Å². The molecule has 3 aromatic rings. The third-order valence-electron chi connectivity index (χ3n) is 4.25. The molecule has 4 rings (SSSR count). The van der Waals surface area contributed by atoms with Crippen molar-refractivity contribution in [2.75, 3.05) is 12.4 Å². The molecule has 0 radical (unpaired) electrons. The Morgan fingerprint density at radius 2 is 2.05 bits per heavy atom. The van der Waals surface area contributed by atoms with Crippen LogP contribution in [0.15, 0.2) is 6.33 Å². The second kappa shape index (κ2) is 5.39. The van der Waals surface area contributed by atoms with E-state index in [9.17, 15) is 0 Å². The fraction of sp³-hybridized carbons (Fsp3) is 0.533. The number of rotatable bonds is 3. The minimum absolute atomic E-state index is 0.306. The van der Waals surface area contributed by atoms with Crippen LogP contribution in [0.2, 0.25) is 0 Å². The van der Waals surface area contributed by atoms with Crippen LogP contribution < -0.4 is 10.1 Å². The van der Waals surface area contributed by atoms with Crippen molar-refractivity contribution in [2.45, 2.75) is 38.2 Å². The number of aromatic nitrogens is 4. The van der Waals surface area contributed by atoms with Gasteiger partial charge in [0, 0.05) is 14.1 Å². The molecule has 0 spiro atoms. The predicted molar refractivity (Wildman–Crippen MR) is 88.7 cm³/mol. The molecule has 6 nitrogen and oxygen atoms in total. The first-order chi connectivity index (χ1) is 10.8. The minimum Gasteiger partial charge on any atom is -0.467 e. The Morgan fingerprint density at radius 3 is 2.82 bits per heavy atom. The maximum absolute atomic E-state index is 6.10. The highest BCUT2D eigenvalue weighted by Crippen LogP contribution is 2.35. The third kappa shape index (κ3) is 2.20. The minimum atomic E-state index is 0.306. The number of nitrogens with one attached hydrogen (secondary N) is 1. The maximum Gasteiger partial charge on any atom is 0.276 e. The van der Waals surface area contributed by atoms with Crippen molar-refractivity contribution < 1.29 is 4.74 Å². The Bertz CT molecular complexity index is 818. The molecule has 1 saturated carbocycles. The molecule has 22 heavy (non-hydrogen) atoms. The Hall–Kier alpha value is -1.89. The van der Waals surface area contributed by atoms with Gasteiger partial charge >= 0.3 is 0 Å². The third-order valence-corrected chi connectivity index (χ3v) is 5.09. The monoisotopic (exact) mass is 317 g/mol. The van der Waals surface area contributed by atoms with Gasteiger partial charge in [-0.1, -0.05) is 17.8 Å². The smallest absolute Gasteiger partial charge is 0.276 e. The molecular formula is C15H19N5OS. The van der Waals surface area contributed by atoms with Crippen LogP contribution in [0.4, 0.5) is 5.82 Å². The van der Waals surface area contributed by atoms with E-state index in [2.05, 4.69) is 20.3 Å². The lowest BCUT2D eigenvalue weighted by Crippen LogP contribution is -2.19. The first-order valence-corrected chi connectivity index (χ1v) is 8.54. The van der Waals surface area contributed by atoms with Crippen molar-refractivity contribution in [3.8, 4) is 5.19 Å². The second-order valence-corrected chi connectivity index (χ2v) is 6.71. The molecule has 1 aliphatic carbocycles. The summed E-state index contributed by atoms with van der Waals surface area (Å²) in [6.45, 7) is 0. The molecule has 116 valence electrons. The van der Waals surface area contributed by atoms with Crippen molar-refractivity contribution in [1.82, 2.24) is 19.5 Å². The summed E-state index contributed by atoms with van der Waals surface area (Å²) in [4.78, 5) is 14.6. The van der Waals surface area contributed by atoms with Crippen molar-refractivity contribution >= 4 is 38.5 Å². The molecular weight excluding hydrogens is 298 g/mol. The molecule has 7 heteroatoms. The summed E-state index contributed by atoms with van der Waals surface area (Å²) in [5.74, 6) is 0.788. The van der Waals surface area contributed by atoms with Crippen LogP contribution in [0.1, 0.15) is 32.1 Å². The van der Waals surface area contributed by atoms with Crippen LogP contribution in [0.25, 0.3) is 21.4 Å². The number of aryl methyl sites for hydroxylation is 1. The summed E-state index contributed by atoms with van der Waals surface area (Å²) < 4.78 is 8.09. The van der Waals surface area contributed by atoms with Gasteiger partial charge in [-0.3, -0.25) is 0 Å². The lowest BCUT2D eigenvalue weighted by molar-refractivity contribution is 0.155. The van der Waals surface area contributed by atoms with Gasteiger partial charge in [0.1, 0.15) is 22.7 Å². The number of hydrogen-bond donors (Lipinski definition) is 1. The van der Waals surface area contributed by atoms with Gasteiger partial charge < -0.3 is 14.6 Å². The van der Waals surface area contributed by atoms with Crippen LogP contribution in [-0.4, -0.2) is 32.7 Å². The summed E-state index contributed by atoms with van der Waals surface area (Å²) >= 11 is 1.52. The van der Waals surface area contributed by atoms with Crippen molar-refractivity contribution in [3.05, 3.63) is 6.33 Å². The highest BCUT2D eigenvalue weighted by atomic mass is 32.1. The van der Waals surface area contributed by atoms with Crippen LogP contribution in [0, 0.1) is 0 Å². The number of anilines is 1. The Kier molecular flexibility index (Phi) is 3.37. The average Bonchev–Trinajstić information content (AvgIpc) is 3.10. The van der Waals surface area contributed by atoms with E-state index in [1.807, 2.05) is 18.7 Å². The fourth-order valence-electron chi connectivity index (χ4n) is 3.11. The van der Waals surface area contributed by atoms with Gasteiger partial charge in [0.05, 0.1) is 6.33 Å². The number of imidazole rings is 1. The lowest BCUT2D eigenvalue weighted by Gasteiger charge is -2.21. The Labute approximate surface area is 132 Å². The van der Waals surface area contributed by atoms with E-state index in [1.165, 1.54) is 30.6 Å². The zero-order valence-electron chi connectivity index (χ0n) is 12.8. The molecule has 0 unspecified atom stereocenters. The van der Waals surface area contributed by atoms with E-state index in [0.717, 1.165) is 45.2 Å². The quantitative estimate of drug-likeness (QED) is 0.802. The first kappa shape index (κ1) is 13.8. The molecule has 1 N–H and O–H groups in total. The molecule has 0 atom stereocenters. The molecule has 1 fully saturated rings. The highest BCUT2D eigenvalue weighted by Gasteiger charge is 2.20. The largest absolute Gasteiger partial charge is 0.467 e. The van der Waals surface area contributed by atoms with Crippen molar-refractivity contribution in [3.63, 3.8) is 0 Å². The van der Waals surface area contributed by atoms with Crippen LogP contribution in [0.3, 0.4) is 0 Å². The van der Waals surface area contributed by atoms with E-state index >= 15 is 0 Å². The van der Waals surface area contributed by atoms with Gasteiger partial charge in [0.15, 0.2) is 10.6 Å². The van der Waals surface area contributed by atoms with Gasteiger partial charge in [0.25, 0.3) is 5.19 Å². The van der Waals surface area contributed by atoms with Gasteiger partial charge in [-0.05, 0) is 25.7 Å². The molecule has 0 saturated heterocycles. The zero-order valence-corrected chi connectivity index (χ0v) is 13.6. The van der Waals surface area contributed by atoms with E-state index < -0.39 is 0 Å². The van der Waals surface area contributed by atoms with Gasteiger partial charge in [0.2, 0.25) is 0 Å². The van der Waals surface area contributed by atoms with E-state index in [0.29, 0.717) is 6.10 Å². The number of fused-ring (bicyclic) bond motifs is 3. The maximum atomic E-state index is 6.10. The number of thiazole rings is 1. The summed E-state index contributed by atoms with van der Waals surface area (Å²) in [5.41, 5.74) is 2.74. The van der Waals surface area contributed by atoms with Crippen molar-refractivity contribution in [1.29, 1.82) is 0 Å².